The molecule has 0 aliphatic rings. The van der Waals surface area contributed by atoms with E-state index in [1.807, 2.05) is 54.0 Å². The Bertz CT molecular complexity index is 1070. The van der Waals surface area contributed by atoms with Gasteiger partial charge in [0.05, 0.1) is 12.9 Å². The molecule has 0 aliphatic carbocycles. The molecule has 2 aromatic carbocycles. The summed E-state index contributed by atoms with van der Waals surface area (Å²) in [5.41, 5.74) is 1.81. The zero-order valence-electron chi connectivity index (χ0n) is 17.3. The fourth-order valence-corrected chi connectivity index (χ4v) is 3.94. The molecule has 162 valence electrons. The third-order valence-electron chi connectivity index (χ3n) is 4.22. The number of aryl methyl sites for hydroxylation is 1. The number of anilines is 1. The Morgan fingerprint density at radius 2 is 2.10 bits per heavy atom. The summed E-state index contributed by atoms with van der Waals surface area (Å²) >= 11 is 4.70. The normalized spacial score (nSPS) is 10.5. The van der Waals surface area contributed by atoms with E-state index in [4.69, 9.17) is 9.47 Å². The lowest BCUT2D eigenvalue weighted by Gasteiger charge is -2.12. The van der Waals surface area contributed by atoms with Crippen LogP contribution in [-0.2, 0) is 17.9 Å². The number of carbonyl (C=O) groups is 1. The quantitative estimate of drug-likeness (QED) is 0.315. The molecule has 1 N–H and O–H groups in total. The number of rotatable bonds is 10. The van der Waals surface area contributed by atoms with Crippen molar-refractivity contribution in [2.24, 2.45) is 0 Å². The Morgan fingerprint density at radius 1 is 1.26 bits per heavy atom. The maximum Gasteiger partial charge on any atom is 0.234 e. The first-order valence-electron chi connectivity index (χ1n) is 9.48. The number of allylic oxidation sites excluding steroid dienone is 1. The summed E-state index contributed by atoms with van der Waals surface area (Å²) in [4.78, 5) is 12.3. The summed E-state index contributed by atoms with van der Waals surface area (Å²) in [6, 6.07) is 13.2. The summed E-state index contributed by atoms with van der Waals surface area (Å²) in [5, 5.41) is 12.0. The molecule has 3 rings (SSSR count). The fraction of sp³-hybridized carbons (Fsp3) is 0.227. The minimum atomic E-state index is -0.126. The number of carbonyl (C=O) groups excluding carboxylic acids is 1. The molecule has 0 bridgehead atoms. The Morgan fingerprint density at radius 3 is 2.84 bits per heavy atom. The number of thioether (sulfide) groups is 1. The van der Waals surface area contributed by atoms with Gasteiger partial charge in [-0.05, 0) is 42.8 Å². The Kier molecular flexibility index (Phi) is 8.13. The van der Waals surface area contributed by atoms with Crippen LogP contribution in [0.3, 0.4) is 0 Å². The number of nitrogens with one attached hydrogen (secondary N) is 1. The molecule has 9 heteroatoms. The lowest BCUT2D eigenvalue weighted by atomic mass is 10.2. The molecule has 0 saturated heterocycles. The first-order chi connectivity index (χ1) is 15.0. The fourth-order valence-electron chi connectivity index (χ4n) is 2.77. The zero-order valence-corrected chi connectivity index (χ0v) is 19.7. The summed E-state index contributed by atoms with van der Waals surface area (Å²) in [6.07, 6.45) is 1.75. The maximum absolute atomic E-state index is 12.3. The van der Waals surface area contributed by atoms with Gasteiger partial charge in [-0.25, -0.2) is 0 Å². The smallest absolute Gasteiger partial charge is 0.234 e. The van der Waals surface area contributed by atoms with Crippen LogP contribution >= 0.6 is 27.7 Å². The average molecular weight is 503 g/mol. The minimum absolute atomic E-state index is 0.126. The van der Waals surface area contributed by atoms with Crippen LogP contribution in [0, 0.1) is 6.92 Å². The molecule has 1 heterocycles. The third-order valence-corrected chi connectivity index (χ3v) is 5.68. The highest BCUT2D eigenvalue weighted by Crippen LogP contribution is 2.29. The van der Waals surface area contributed by atoms with E-state index in [0.29, 0.717) is 29.0 Å². The van der Waals surface area contributed by atoms with Crippen LogP contribution in [0.25, 0.3) is 0 Å². The SMILES string of the molecule is C=CCn1c(COc2ccc(C)cc2OC)nnc1SCC(=O)Nc1cccc(Br)c1. The molecule has 31 heavy (non-hydrogen) atoms. The standard InChI is InChI=1S/C22H23BrN4O3S/c1-4-10-27-20(13-30-18-9-8-15(2)11-19(18)29-3)25-26-22(27)31-14-21(28)24-17-7-5-6-16(23)12-17/h4-9,11-12H,1,10,13-14H2,2-3H3,(H,24,28). The van der Waals surface area contributed by atoms with Crippen LogP contribution < -0.4 is 14.8 Å². The van der Waals surface area contributed by atoms with Crippen molar-refractivity contribution in [3.63, 3.8) is 0 Å². The number of halogens is 1. The molecule has 0 atom stereocenters. The second kappa shape index (κ2) is 11.0. The molecule has 0 fully saturated rings. The molecular weight excluding hydrogens is 480 g/mol. The summed E-state index contributed by atoms with van der Waals surface area (Å²) in [5.74, 6) is 2.00. The molecule has 0 spiro atoms. The van der Waals surface area contributed by atoms with Gasteiger partial charge in [-0.2, -0.15) is 0 Å². The van der Waals surface area contributed by atoms with Crippen molar-refractivity contribution < 1.29 is 14.3 Å². The zero-order chi connectivity index (χ0) is 22.2. The second-order valence-electron chi connectivity index (χ2n) is 6.59. The number of hydrogen-bond acceptors (Lipinski definition) is 6. The van der Waals surface area contributed by atoms with E-state index >= 15 is 0 Å². The van der Waals surface area contributed by atoms with Crippen molar-refractivity contribution in [2.75, 3.05) is 18.2 Å². The molecule has 1 aromatic heterocycles. The Hall–Kier alpha value is -2.78. The van der Waals surface area contributed by atoms with Crippen molar-refractivity contribution in [3.05, 3.63) is 71.0 Å². The first kappa shape index (κ1) is 22.9. The number of ether oxygens (including phenoxy) is 2. The van der Waals surface area contributed by atoms with Gasteiger partial charge in [0.25, 0.3) is 0 Å². The van der Waals surface area contributed by atoms with Crippen LogP contribution in [0.2, 0.25) is 0 Å². The van der Waals surface area contributed by atoms with Crippen molar-refractivity contribution in [2.45, 2.75) is 25.2 Å². The number of aromatic nitrogens is 3. The summed E-state index contributed by atoms with van der Waals surface area (Å²) < 4.78 is 14.1. The van der Waals surface area contributed by atoms with Crippen LogP contribution in [0.15, 0.2) is 64.7 Å². The van der Waals surface area contributed by atoms with Crippen molar-refractivity contribution in [3.8, 4) is 11.5 Å². The van der Waals surface area contributed by atoms with Gasteiger partial charge in [0.1, 0.15) is 6.61 Å². The predicted octanol–water partition coefficient (Wildman–Crippen LogP) is 4.85. The van der Waals surface area contributed by atoms with Crippen LogP contribution in [-0.4, -0.2) is 33.5 Å². The molecular formula is C22H23BrN4O3S. The highest BCUT2D eigenvalue weighted by molar-refractivity contribution is 9.10. The summed E-state index contributed by atoms with van der Waals surface area (Å²) in [6.45, 7) is 6.51. The van der Waals surface area contributed by atoms with Crippen LogP contribution in [0.4, 0.5) is 5.69 Å². The second-order valence-corrected chi connectivity index (χ2v) is 8.45. The maximum atomic E-state index is 12.3. The highest BCUT2D eigenvalue weighted by Gasteiger charge is 2.15. The minimum Gasteiger partial charge on any atom is -0.493 e. The Labute approximate surface area is 194 Å². The van der Waals surface area contributed by atoms with Gasteiger partial charge >= 0.3 is 0 Å². The van der Waals surface area contributed by atoms with E-state index < -0.39 is 0 Å². The molecule has 1 amide bonds. The van der Waals surface area contributed by atoms with Gasteiger partial charge in [0.15, 0.2) is 22.5 Å². The number of benzene rings is 2. The molecule has 0 unspecified atom stereocenters. The number of amides is 1. The van der Waals surface area contributed by atoms with E-state index in [1.165, 1.54) is 11.8 Å². The van der Waals surface area contributed by atoms with Gasteiger partial charge < -0.3 is 14.8 Å². The van der Waals surface area contributed by atoms with E-state index in [9.17, 15) is 4.79 Å². The van der Waals surface area contributed by atoms with Crippen LogP contribution in [0.1, 0.15) is 11.4 Å². The van der Waals surface area contributed by atoms with Gasteiger partial charge in [-0.3, -0.25) is 9.36 Å². The molecule has 0 aliphatic heterocycles. The Balaban J connectivity index is 1.64. The van der Waals surface area contributed by atoms with Gasteiger partial charge in [-0.15, -0.1) is 16.8 Å². The predicted molar refractivity (Wildman–Crippen MR) is 126 cm³/mol. The van der Waals surface area contributed by atoms with Crippen molar-refractivity contribution in [1.82, 2.24) is 14.8 Å². The van der Waals surface area contributed by atoms with E-state index in [-0.39, 0.29) is 18.3 Å². The number of methoxy groups -OCH3 is 1. The molecule has 7 nitrogen and oxygen atoms in total. The van der Waals surface area contributed by atoms with Crippen molar-refractivity contribution >= 4 is 39.3 Å². The topological polar surface area (TPSA) is 78.3 Å². The summed E-state index contributed by atoms with van der Waals surface area (Å²) in [7, 11) is 1.61. The molecule has 0 saturated carbocycles. The van der Waals surface area contributed by atoms with Gasteiger partial charge in [-0.1, -0.05) is 45.9 Å². The highest BCUT2D eigenvalue weighted by atomic mass is 79.9. The molecule has 0 radical (unpaired) electrons. The first-order valence-corrected chi connectivity index (χ1v) is 11.3. The van der Waals surface area contributed by atoms with Gasteiger partial charge in [0, 0.05) is 16.7 Å². The lowest BCUT2D eigenvalue weighted by Crippen LogP contribution is -2.15. The largest absolute Gasteiger partial charge is 0.493 e. The number of hydrogen-bond donors (Lipinski definition) is 1. The average Bonchev–Trinajstić information content (AvgIpc) is 3.13. The van der Waals surface area contributed by atoms with E-state index in [2.05, 4.69) is 38.0 Å². The van der Waals surface area contributed by atoms with Gasteiger partial charge in [0.2, 0.25) is 5.91 Å². The van der Waals surface area contributed by atoms with E-state index in [1.54, 1.807) is 13.2 Å². The van der Waals surface area contributed by atoms with E-state index in [0.717, 1.165) is 15.7 Å². The lowest BCUT2D eigenvalue weighted by molar-refractivity contribution is -0.113. The van der Waals surface area contributed by atoms with Crippen LogP contribution in [0.5, 0.6) is 11.5 Å². The monoisotopic (exact) mass is 502 g/mol. The number of nitrogens with zero attached hydrogens (tertiary/aromatic N) is 3. The third kappa shape index (κ3) is 6.35. The molecule has 3 aromatic rings. The van der Waals surface area contributed by atoms with Crippen molar-refractivity contribution in [1.29, 1.82) is 0 Å².